The van der Waals surface area contributed by atoms with Crippen LogP contribution in [0.25, 0.3) is 0 Å². The molecule has 0 atom stereocenters. The highest BCUT2D eigenvalue weighted by atomic mass is 19.4. The van der Waals surface area contributed by atoms with Crippen molar-refractivity contribution in [1.82, 2.24) is 4.90 Å². The van der Waals surface area contributed by atoms with Crippen molar-refractivity contribution in [2.45, 2.75) is 19.8 Å². The molecule has 0 saturated carbocycles. The minimum atomic E-state index is -4.79. The fourth-order valence-electron chi connectivity index (χ4n) is 2.36. The lowest BCUT2D eigenvalue weighted by atomic mass is 10.1. The van der Waals surface area contributed by atoms with Crippen molar-refractivity contribution >= 4 is 5.91 Å². The Bertz CT molecular complexity index is 759. The van der Waals surface area contributed by atoms with Crippen molar-refractivity contribution in [3.05, 3.63) is 59.2 Å². The molecular formula is C18H18F3NO3. The molecular weight excluding hydrogens is 335 g/mol. The number of ether oxygens (including phenoxy) is 2. The van der Waals surface area contributed by atoms with E-state index in [-0.39, 0.29) is 23.8 Å². The maximum Gasteiger partial charge on any atom is 0.573 e. The maximum absolute atomic E-state index is 12.5. The van der Waals surface area contributed by atoms with Gasteiger partial charge >= 0.3 is 6.36 Å². The Morgan fingerprint density at radius 1 is 1.12 bits per heavy atom. The number of aryl methyl sites for hydroxylation is 1. The van der Waals surface area contributed by atoms with Crippen LogP contribution in [0.5, 0.6) is 11.5 Å². The summed E-state index contributed by atoms with van der Waals surface area (Å²) in [5.74, 6) is -0.0868. The smallest absolute Gasteiger partial charge is 0.496 e. The number of halogens is 3. The predicted molar refractivity (Wildman–Crippen MR) is 86.7 cm³/mol. The van der Waals surface area contributed by atoms with Crippen molar-refractivity contribution in [2.75, 3.05) is 14.2 Å². The molecule has 0 aliphatic heterocycles. The third-order valence-corrected chi connectivity index (χ3v) is 3.61. The summed E-state index contributed by atoms with van der Waals surface area (Å²) in [7, 11) is 3.02. The molecule has 0 unspecified atom stereocenters. The molecule has 0 aromatic heterocycles. The number of hydrogen-bond acceptors (Lipinski definition) is 3. The van der Waals surface area contributed by atoms with Crippen LogP contribution in [0, 0.1) is 6.92 Å². The van der Waals surface area contributed by atoms with Crippen LogP contribution < -0.4 is 9.47 Å². The van der Waals surface area contributed by atoms with Crippen molar-refractivity contribution in [3.8, 4) is 11.5 Å². The Morgan fingerprint density at radius 2 is 1.80 bits per heavy atom. The molecule has 2 rings (SSSR count). The minimum absolute atomic E-state index is 0.0265. The molecule has 2 aromatic rings. The lowest BCUT2D eigenvalue weighted by Gasteiger charge is -2.20. The highest BCUT2D eigenvalue weighted by Gasteiger charge is 2.32. The van der Waals surface area contributed by atoms with Gasteiger partial charge in [-0.25, -0.2) is 0 Å². The zero-order valence-electron chi connectivity index (χ0n) is 14.1. The van der Waals surface area contributed by atoms with Crippen LogP contribution in [0.3, 0.4) is 0 Å². The van der Waals surface area contributed by atoms with Crippen LogP contribution in [0.4, 0.5) is 13.2 Å². The minimum Gasteiger partial charge on any atom is -0.496 e. The van der Waals surface area contributed by atoms with E-state index < -0.39 is 6.36 Å². The zero-order chi connectivity index (χ0) is 18.6. The zero-order valence-corrected chi connectivity index (χ0v) is 14.1. The highest BCUT2D eigenvalue weighted by Crippen LogP contribution is 2.27. The number of para-hydroxylation sites is 1. The van der Waals surface area contributed by atoms with Gasteiger partial charge in [0.05, 0.1) is 7.11 Å². The first-order valence-corrected chi connectivity index (χ1v) is 7.45. The van der Waals surface area contributed by atoms with E-state index in [1.165, 1.54) is 37.3 Å². The third kappa shape index (κ3) is 4.89. The van der Waals surface area contributed by atoms with E-state index in [0.717, 1.165) is 5.56 Å². The van der Waals surface area contributed by atoms with Gasteiger partial charge in [-0.2, -0.15) is 0 Å². The molecule has 2 aromatic carbocycles. The Balaban J connectivity index is 2.19. The van der Waals surface area contributed by atoms with E-state index in [1.54, 1.807) is 24.3 Å². The van der Waals surface area contributed by atoms with Crippen LogP contribution in [-0.4, -0.2) is 31.3 Å². The maximum atomic E-state index is 12.5. The summed E-state index contributed by atoms with van der Waals surface area (Å²) in [5.41, 5.74) is 1.53. The molecule has 0 N–H and O–H groups in total. The SMILES string of the molecule is COc1cc(C(=O)N(C)Cc2ccccc2OC(F)(F)F)ccc1C. The molecule has 1 amide bonds. The Kier molecular flexibility index (Phi) is 5.56. The molecule has 7 heteroatoms. The van der Waals surface area contributed by atoms with Gasteiger partial charge < -0.3 is 14.4 Å². The number of hydrogen-bond donors (Lipinski definition) is 0. The predicted octanol–water partition coefficient (Wildman–Crippen LogP) is 4.17. The van der Waals surface area contributed by atoms with Gasteiger partial charge in [-0.3, -0.25) is 4.79 Å². The first kappa shape index (κ1) is 18.6. The normalized spacial score (nSPS) is 11.1. The second-order valence-corrected chi connectivity index (χ2v) is 5.50. The standard InChI is InChI=1S/C18H18F3NO3/c1-12-8-9-13(10-16(12)24-3)17(23)22(2)11-14-6-4-5-7-15(14)25-18(19,20)21/h4-10H,11H2,1-3H3. The molecule has 25 heavy (non-hydrogen) atoms. The van der Waals surface area contributed by atoms with Crippen molar-refractivity contribution < 1.29 is 27.4 Å². The second-order valence-electron chi connectivity index (χ2n) is 5.50. The van der Waals surface area contributed by atoms with E-state index >= 15 is 0 Å². The van der Waals surface area contributed by atoms with E-state index in [1.807, 2.05) is 6.92 Å². The summed E-state index contributed by atoms with van der Waals surface area (Å²) in [6.45, 7) is 1.82. The lowest BCUT2D eigenvalue weighted by molar-refractivity contribution is -0.275. The average molecular weight is 353 g/mol. The Hall–Kier alpha value is -2.70. The van der Waals surface area contributed by atoms with Crippen molar-refractivity contribution in [1.29, 1.82) is 0 Å². The van der Waals surface area contributed by atoms with Gasteiger partial charge in [0.2, 0.25) is 0 Å². The fraction of sp³-hybridized carbons (Fsp3) is 0.278. The monoisotopic (exact) mass is 353 g/mol. The summed E-state index contributed by atoms with van der Waals surface area (Å²) >= 11 is 0. The van der Waals surface area contributed by atoms with Crippen LogP contribution in [0.1, 0.15) is 21.5 Å². The van der Waals surface area contributed by atoms with E-state index in [4.69, 9.17) is 4.74 Å². The average Bonchev–Trinajstić information content (AvgIpc) is 2.55. The molecule has 0 heterocycles. The molecule has 0 aliphatic carbocycles. The number of rotatable bonds is 5. The second kappa shape index (κ2) is 7.46. The number of nitrogens with zero attached hydrogens (tertiary/aromatic N) is 1. The Labute approximate surface area is 143 Å². The number of benzene rings is 2. The first-order chi connectivity index (χ1) is 11.7. The molecule has 0 bridgehead atoms. The molecule has 134 valence electrons. The number of methoxy groups -OCH3 is 1. The molecule has 0 radical (unpaired) electrons. The molecule has 0 spiro atoms. The van der Waals surface area contributed by atoms with Gasteiger partial charge in [-0.15, -0.1) is 13.2 Å². The number of amides is 1. The highest BCUT2D eigenvalue weighted by molar-refractivity contribution is 5.94. The number of carbonyl (C=O) groups is 1. The molecule has 0 saturated heterocycles. The lowest BCUT2D eigenvalue weighted by Crippen LogP contribution is -2.27. The van der Waals surface area contributed by atoms with Crippen molar-refractivity contribution in [2.24, 2.45) is 0 Å². The third-order valence-electron chi connectivity index (χ3n) is 3.61. The quantitative estimate of drug-likeness (QED) is 0.810. The van der Waals surface area contributed by atoms with Crippen LogP contribution in [0.15, 0.2) is 42.5 Å². The van der Waals surface area contributed by atoms with E-state index in [2.05, 4.69) is 4.74 Å². The van der Waals surface area contributed by atoms with Gasteiger partial charge in [0.15, 0.2) is 0 Å². The van der Waals surface area contributed by atoms with Gasteiger partial charge in [-0.1, -0.05) is 24.3 Å². The summed E-state index contributed by atoms with van der Waals surface area (Å²) in [4.78, 5) is 13.9. The van der Waals surface area contributed by atoms with Crippen LogP contribution in [0.2, 0.25) is 0 Å². The van der Waals surface area contributed by atoms with Gasteiger partial charge in [0.25, 0.3) is 5.91 Å². The number of carbonyl (C=O) groups excluding carboxylic acids is 1. The van der Waals surface area contributed by atoms with Gasteiger partial charge in [0.1, 0.15) is 11.5 Å². The summed E-state index contributed by atoms with van der Waals surface area (Å²) in [5, 5.41) is 0. The Morgan fingerprint density at radius 3 is 2.44 bits per heavy atom. The molecule has 0 fully saturated rings. The van der Waals surface area contributed by atoms with E-state index in [9.17, 15) is 18.0 Å². The fourth-order valence-corrected chi connectivity index (χ4v) is 2.36. The first-order valence-electron chi connectivity index (χ1n) is 7.45. The van der Waals surface area contributed by atoms with Crippen LogP contribution in [-0.2, 0) is 6.54 Å². The van der Waals surface area contributed by atoms with Gasteiger partial charge in [0, 0.05) is 24.7 Å². The molecule has 4 nitrogen and oxygen atoms in total. The van der Waals surface area contributed by atoms with E-state index in [0.29, 0.717) is 11.3 Å². The van der Waals surface area contributed by atoms with Gasteiger partial charge in [-0.05, 0) is 30.7 Å². The largest absolute Gasteiger partial charge is 0.573 e. The number of alkyl halides is 3. The summed E-state index contributed by atoms with van der Waals surface area (Å²) in [6.07, 6.45) is -4.79. The summed E-state index contributed by atoms with van der Waals surface area (Å²) in [6, 6.07) is 10.7. The summed E-state index contributed by atoms with van der Waals surface area (Å²) < 4.78 is 46.7. The van der Waals surface area contributed by atoms with Crippen molar-refractivity contribution in [3.63, 3.8) is 0 Å². The van der Waals surface area contributed by atoms with Crippen LogP contribution >= 0.6 is 0 Å². The topological polar surface area (TPSA) is 38.8 Å². The molecule has 0 aliphatic rings.